The Kier molecular flexibility index (Phi) is 10.1. The molecule has 0 spiro atoms. The zero-order valence-corrected chi connectivity index (χ0v) is 16.1. The topological polar surface area (TPSA) is 138 Å². The molecule has 150 valence electrons. The largest absolute Gasteiger partial charge is 0.481 e. The van der Waals surface area contributed by atoms with E-state index in [1.165, 1.54) is 13.8 Å². The van der Waals surface area contributed by atoms with Crippen molar-refractivity contribution < 1.29 is 35.4 Å². The Labute approximate surface area is 150 Å². The quantitative estimate of drug-likeness (QED) is 0.313. The monoisotopic (exact) mass is 364 g/mol. The van der Waals surface area contributed by atoms with Crippen LogP contribution in [0.15, 0.2) is 0 Å². The fourth-order valence-corrected chi connectivity index (χ4v) is 3.24. The maximum absolute atomic E-state index is 11.0. The van der Waals surface area contributed by atoms with Gasteiger partial charge in [-0.25, -0.2) is 0 Å². The standard InChI is InChI=1S/C18H36O7/c1-7-13(19)8(2)14(20)9(3)15(21)10(4)16(22)11(5)17(23)12(6)18(24)25/h8-17,19-23H,7H2,1-6H3,(H,24,25). The van der Waals surface area contributed by atoms with E-state index in [1.807, 2.05) is 0 Å². The summed E-state index contributed by atoms with van der Waals surface area (Å²) in [7, 11) is 0. The third-order valence-corrected chi connectivity index (χ3v) is 5.70. The summed E-state index contributed by atoms with van der Waals surface area (Å²) in [5.74, 6) is -4.71. The van der Waals surface area contributed by atoms with Crippen LogP contribution in [0.4, 0.5) is 0 Å². The Morgan fingerprint density at radius 1 is 0.680 bits per heavy atom. The van der Waals surface area contributed by atoms with E-state index in [2.05, 4.69) is 0 Å². The number of hydrogen-bond acceptors (Lipinski definition) is 6. The van der Waals surface area contributed by atoms with Gasteiger partial charge >= 0.3 is 5.97 Å². The van der Waals surface area contributed by atoms with Crippen molar-refractivity contribution in [3.8, 4) is 0 Å². The molecule has 0 fully saturated rings. The first kappa shape index (κ1) is 24.3. The molecule has 10 atom stereocenters. The molecule has 0 aliphatic heterocycles. The Hall–Kier alpha value is -0.730. The van der Waals surface area contributed by atoms with E-state index < -0.39 is 66.1 Å². The molecule has 0 aromatic heterocycles. The predicted molar refractivity (Wildman–Crippen MR) is 93.8 cm³/mol. The number of carboxylic acid groups (broad SMARTS) is 1. The molecule has 7 heteroatoms. The molecule has 0 aliphatic carbocycles. The summed E-state index contributed by atoms with van der Waals surface area (Å²) < 4.78 is 0. The van der Waals surface area contributed by atoms with Gasteiger partial charge in [-0.05, 0) is 13.3 Å². The lowest BCUT2D eigenvalue weighted by atomic mass is 9.76. The van der Waals surface area contributed by atoms with Crippen molar-refractivity contribution in [2.75, 3.05) is 0 Å². The van der Waals surface area contributed by atoms with Crippen LogP contribution in [0.2, 0.25) is 0 Å². The molecule has 0 aromatic rings. The highest BCUT2D eigenvalue weighted by molar-refractivity contribution is 5.70. The second kappa shape index (κ2) is 10.4. The molecule has 0 rings (SSSR count). The second-order valence-electron chi connectivity index (χ2n) is 7.50. The minimum atomic E-state index is -1.26. The highest BCUT2D eigenvalue weighted by Gasteiger charge is 2.39. The average molecular weight is 364 g/mol. The van der Waals surface area contributed by atoms with Crippen molar-refractivity contribution in [1.82, 2.24) is 0 Å². The normalized spacial score (nSPS) is 24.3. The lowest BCUT2D eigenvalue weighted by Crippen LogP contribution is -2.47. The van der Waals surface area contributed by atoms with Crippen LogP contribution in [0, 0.1) is 29.6 Å². The molecule has 0 amide bonds. The minimum absolute atomic E-state index is 0.436. The Bertz CT molecular complexity index is 403. The number of aliphatic hydroxyl groups is 5. The van der Waals surface area contributed by atoms with Crippen LogP contribution in [0.3, 0.4) is 0 Å². The first-order chi connectivity index (χ1) is 11.4. The Morgan fingerprint density at radius 2 is 1.00 bits per heavy atom. The lowest BCUT2D eigenvalue weighted by Gasteiger charge is -2.37. The van der Waals surface area contributed by atoms with Gasteiger partial charge in [0, 0.05) is 23.7 Å². The van der Waals surface area contributed by atoms with Crippen LogP contribution in [-0.4, -0.2) is 67.1 Å². The van der Waals surface area contributed by atoms with E-state index in [9.17, 15) is 30.3 Å². The summed E-state index contributed by atoms with van der Waals surface area (Å²) in [5, 5.41) is 60.3. The van der Waals surface area contributed by atoms with Gasteiger partial charge in [0.2, 0.25) is 0 Å². The van der Waals surface area contributed by atoms with Gasteiger partial charge in [0.25, 0.3) is 0 Å². The van der Waals surface area contributed by atoms with Gasteiger partial charge in [-0.3, -0.25) is 4.79 Å². The summed E-state index contributed by atoms with van der Waals surface area (Å²) >= 11 is 0. The average Bonchev–Trinajstić information content (AvgIpc) is 2.61. The molecule has 6 N–H and O–H groups in total. The van der Waals surface area contributed by atoms with Crippen molar-refractivity contribution in [2.24, 2.45) is 29.6 Å². The van der Waals surface area contributed by atoms with E-state index in [-0.39, 0.29) is 0 Å². The van der Waals surface area contributed by atoms with Gasteiger partial charge in [0.15, 0.2) is 0 Å². The molecule has 0 aromatic carbocycles. The van der Waals surface area contributed by atoms with E-state index in [1.54, 1.807) is 27.7 Å². The van der Waals surface area contributed by atoms with E-state index >= 15 is 0 Å². The van der Waals surface area contributed by atoms with E-state index in [4.69, 9.17) is 5.11 Å². The van der Waals surface area contributed by atoms with Crippen LogP contribution in [0.1, 0.15) is 48.0 Å². The Morgan fingerprint density at radius 3 is 1.32 bits per heavy atom. The molecule has 0 saturated heterocycles. The molecular weight excluding hydrogens is 328 g/mol. The molecule has 0 heterocycles. The van der Waals surface area contributed by atoms with Crippen LogP contribution < -0.4 is 0 Å². The van der Waals surface area contributed by atoms with Crippen molar-refractivity contribution in [3.05, 3.63) is 0 Å². The molecule has 0 aliphatic rings. The molecule has 7 nitrogen and oxygen atoms in total. The Balaban J connectivity index is 5.01. The summed E-state index contributed by atoms with van der Waals surface area (Å²) in [5.41, 5.74) is 0. The second-order valence-corrected chi connectivity index (χ2v) is 7.50. The minimum Gasteiger partial charge on any atom is -0.481 e. The van der Waals surface area contributed by atoms with Gasteiger partial charge in [-0.15, -0.1) is 0 Å². The summed E-state index contributed by atoms with van der Waals surface area (Å²) in [6.45, 7) is 9.62. The van der Waals surface area contributed by atoms with Crippen LogP contribution in [-0.2, 0) is 4.79 Å². The van der Waals surface area contributed by atoms with Crippen molar-refractivity contribution in [1.29, 1.82) is 0 Å². The fourth-order valence-electron chi connectivity index (χ4n) is 3.24. The number of rotatable bonds is 11. The summed E-state index contributed by atoms with van der Waals surface area (Å²) in [4.78, 5) is 11.0. The number of carboxylic acids is 1. The van der Waals surface area contributed by atoms with Gasteiger partial charge < -0.3 is 30.6 Å². The van der Waals surface area contributed by atoms with Crippen LogP contribution >= 0.6 is 0 Å². The molecule has 10 unspecified atom stereocenters. The van der Waals surface area contributed by atoms with E-state index in [0.717, 1.165) is 0 Å². The maximum Gasteiger partial charge on any atom is 0.308 e. The van der Waals surface area contributed by atoms with Gasteiger partial charge in [-0.2, -0.15) is 0 Å². The highest BCUT2D eigenvalue weighted by atomic mass is 16.4. The van der Waals surface area contributed by atoms with Crippen molar-refractivity contribution >= 4 is 5.97 Å². The number of carbonyl (C=O) groups is 1. The first-order valence-electron chi connectivity index (χ1n) is 9.01. The first-order valence-corrected chi connectivity index (χ1v) is 9.01. The van der Waals surface area contributed by atoms with Crippen LogP contribution in [0.25, 0.3) is 0 Å². The van der Waals surface area contributed by atoms with E-state index in [0.29, 0.717) is 6.42 Å². The summed E-state index contributed by atoms with van der Waals surface area (Å²) in [6, 6.07) is 0. The molecule has 25 heavy (non-hydrogen) atoms. The lowest BCUT2D eigenvalue weighted by molar-refractivity contribution is -0.148. The van der Waals surface area contributed by atoms with Gasteiger partial charge in [0.1, 0.15) is 0 Å². The molecular formula is C18H36O7. The number of hydrogen-bond donors (Lipinski definition) is 6. The molecule has 0 saturated carbocycles. The summed E-state index contributed by atoms with van der Waals surface area (Å²) in [6.07, 6.45) is -4.66. The van der Waals surface area contributed by atoms with Gasteiger partial charge in [0.05, 0.1) is 36.4 Å². The number of aliphatic carboxylic acids is 1. The number of aliphatic hydroxyl groups excluding tert-OH is 5. The smallest absolute Gasteiger partial charge is 0.308 e. The van der Waals surface area contributed by atoms with Crippen molar-refractivity contribution in [2.45, 2.75) is 78.5 Å². The van der Waals surface area contributed by atoms with Crippen molar-refractivity contribution in [3.63, 3.8) is 0 Å². The highest BCUT2D eigenvalue weighted by Crippen LogP contribution is 2.29. The zero-order chi connectivity index (χ0) is 20.1. The zero-order valence-electron chi connectivity index (χ0n) is 16.1. The SMILES string of the molecule is CCC(O)C(C)C(O)C(C)C(O)C(C)C(O)C(C)C(O)C(C)C(=O)O. The van der Waals surface area contributed by atoms with Crippen LogP contribution in [0.5, 0.6) is 0 Å². The van der Waals surface area contributed by atoms with Gasteiger partial charge in [-0.1, -0.05) is 34.6 Å². The third-order valence-electron chi connectivity index (χ3n) is 5.70. The third kappa shape index (κ3) is 6.18. The molecule has 0 radical (unpaired) electrons. The predicted octanol–water partition coefficient (Wildman–Crippen LogP) is 0.466. The maximum atomic E-state index is 11.0. The molecule has 0 bridgehead atoms. The fraction of sp³-hybridized carbons (Fsp3) is 0.944.